The van der Waals surface area contributed by atoms with Gasteiger partial charge in [0.15, 0.2) is 11.1 Å². The van der Waals surface area contributed by atoms with E-state index in [0.717, 1.165) is 0 Å². The number of amides is 1. The van der Waals surface area contributed by atoms with Gasteiger partial charge in [0.05, 0.1) is 0 Å². The molecule has 1 N–H and O–H groups in total. The highest BCUT2D eigenvalue weighted by Gasteiger charge is 2.37. The molecular weight excluding hydrogens is 384 g/mol. The lowest BCUT2D eigenvalue weighted by atomic mass is 9.93. The second-order valence-electron chi connectivity index (χ2n) is 7.69. The van der Waals surface area contributed by atoms with Gasteiger partial charge in [0.2, 0.25) is 11.7 Å². The molecule has 0 spiro atoms. The lowest BCUT2D eigenvalue weighted by molar-refractivity contribution is 0.0180. The molecule has 1 saturated heterocycles. The maximum Gasteiger partial charge on any atom is 0.410 e. The van der Waals surface area contributed by atoms with Crippen LogP contribution in [0, 0.1) is 5.92 Å². The number of pyridine rings is 1. The van der Waals surface area contributed by atoms with Gasteiger partial charge in [-0.1, -0.05) is 5.16 Å². The summed E-state index contributed by atoms with van der Waals surface area (Å²) in [6.07, 6.45) is 3.94. The monoisotopic (exact) mass is 408 g/mol. The highest BCUT2D eigenvalue weighted by molar-refractivity contribution is 7.79. The van der Waals surface area contributed by atoms with Gasteiger partial charge in [-0.05, 0) is 51.7 Å². The summed E-state index contributed by atoms with van der Waals surface area (Å²) in [6.45, 7) is 6.34. The average Bonchev–Trinajstić information content (AvgIpc) is 3.11. The van der Waals surface area contributed by atoms with Crippen LogP contribution in [-0.4, -0.2) is 53.6 Å². The van der Waals surface area contributed by atoms with E-state index < -0.39 is 21.9 Å². The normalized spacial score (nSPS) is 17.9. The molecule has 28 heavy (non-hydrogen) atoms. The predicted octanol–water partition coefficient (Wildman–Crippen LogP) is 3.04. The standard InChI is InChI=1S/C18H24N4O5S/c1-18(2,3)26-17(23)22-10-6-12(7-11-22)14(28(24)25)16-20-15(21-27-16)13-4-8-19-9-5-13/h4-5,8-9,12,14H,6-7,10-11H2,1-3H3,(H,24,25). The number of hydrogen-bond donors (Lipinski definition) is 1. The average molecular weight is 408 g/mol. The van der Waals surface area contributed by atoms with Crippen LogP contribution in [0.1, 0.15) is 44.8 Å². The van der Waals surface area contributed by atoms with E-state index in [4.69, 9.17) is 9.26 Å². The van der Waals surface area contributed by atoms with Crippen molar-refractivity contribution in [1.29, 1.82) is 0 Å². The zero-order chi connectivity index (χ0) is 20.3. The van der Waals surface area contributed by atoms with Crippen molar-refractivity contribution in [2.75, 3.05) is 13.1 Å². The summed E-state index contributed by atoms with van der Waals surface area (Å²) >= 11 is -2.18. The lowest BCUT2D eigenvalue weighted by Gasteiger charge is -2.34. The number of aromatic nitrogens is 3. The molecule has 0 aromatic carbocycles. The second kappa shape index (κ2) is 8.36. The summed E-state index contributed by atoms with van der Waals surface area (Å²) in [5.74, 6) is 0.317. The third-order valence-corrected chi connectivity index (χ3v) is 5.48. The fraction of sp³-hybridized carbons (Fsp3) is 0.556. The number of nitrogens with zero attached hydrogens (tertiary/aromatic N) is 4. The molecule has 0 radical (unpaired) electrons. The molecule has 1 aliphatic rings. The molecule has 2 aromatic heterocycles. The van der Waals surface area contributed by atoms with Crippen molar-refractivity contribution in [2.45, 2.75) is 44.5 Å². The first kappa shape index (κ1) is 20.4. The molecular formula is C18H24N4O5S. The van der Waals surface area contributed by atoms with Crippen LogP contribution in [0.5, 0.6) is 0 Å². The number of ether oxygens (including phenoxy) is 1. The first-order chi connectivity index (χ1) is 13.2. The van der Waals surface area contributed by atoms with Crippen molar-refractivity contribution in [3.05, 3.63) is 30.4 Å². The summed E-state index contributed by atoms with van der Waals surface area (Å²) in [7, 11) is 0. The molecule has 2 aromatic rings. The van der Waals surface area contributed by atoms with E-state index in [1.54, 1.807) is 29.4 Å². The van der Waals surface area contributed by atoms with Gasteiger partial charge in [-0.15, -0.1) is 0 Å². The van der Waals surface area contributed by atoms with Crippen LogP contribution in [0.25, 0.3) is 11.4 Å². The highest BCUT2D eigenvalue weighted by atomic mass is 32.2. The van der Waals surface area contributed by atoms with E-state index in [-0.39, 0.29) is 17.9 Å². The molecule has 9 nitrogen and oxygen atoms in total. The summed E-state index contributed by atoms with van der Waals surface area (Å²) < 4.78 is 32.6. The Labute approximate surface area is 165 Å². The molecule has 3 rings (SSSR count). The molecule has 152 valence electrons. The minimum absolute atomic E-state index is 0.128. The van der Waals surface area contributed by atoms with Crippen molar-refractivity contribution >= 4 is 17.2 Å². The Morgan fingerprint density at radius 3 is 2.54 bits per heavy atom. The zero-order valence-corrected chi connectivity index (χ0v) is 16.9. The van der Waals surface area contributed by atoms with Gasteiger partial charge >= 0.3 is 6.09 Å². The fourth-order valence-corrected chi connectivity index (χ4v) is 4.00. The Balaban J connectivity index is 1.69. The van der Waals surface area contributed by atoms with Crippen LogP contribution in [0.2, 0.25) is 0 Å². The Kier molecular flexibility index (Phi) is 6.09. The Morgan fingerprint density at radius 1 is 1.32 bits per heavy atom. The molecule has 0 bridgehead atoms. The molecule has 1 aliphatic heterocycles. The van der Waals surface area contributed by atoms with Gasteiger partial charge in [0.25, 0.3) is 0 Å². The molecule has 3 heterocycles. The van der Waals surface area contributed by atoms with Gasteiger partial charge in [-0.2, -0.15) is 4.98 Å². The summed E-state index contributed by atoms with van der Waals surface area (Å²) in [6, 6.07) is 3.47. The van der Waals surface area contributed by atoms with Crippen molar-refractivity contribution in [2.24, 2.45) is 5.92 Å². The largest absolute Gasteiger partial charge is 0.444 e. The number of likely N-dealkylation sites (tertiary alicyclic amines) is 1. The maximum atomic E-state index is 12.2. The van der Waals surface area contributed by atoms with Crippen molar-refractivity contribution in [3.63, 3.8) is 0 Å². The molecule has 2 atom stereocenters. The molecule has 2 unspecified atom stereocenters. The van der Waals surface area contributed by atoms with Crippen molar-refractivity contribution in [3.8, 4) is 11.4 Å². The Morgan fingerprint density at radius 2 is 1.96 bits per heavy atom. The lowest BCUT2D eigenvalue weighted by Crippen LogP contribution is -2.43. The Bertz CT molecular complexity index is 828. The summed E-state index contributed by atoms with van der Waals surface area (Å²) in [4.78, 5) is 22.1. The SMILES string of the molecule is CC(C)(C)OC(=O)N1CCC(C(c2nc(-c3ccncc3)no2)S(=O)O)CC1. The summed E-state index contributed by atoms with van der Waals surface area (Å²) in [5.41, 5.74) is 0.156. The number of carbonyl (C=O) groups is 1. The van der Waals surface area contributed by atoms with Crippen LogP contribution < -0.4 is 0 Å². The van der Waals surface area contributed by atoms with E-state index in [9.17, 15) is 13.6 Å². The first-order valence-electron chi connectivity index (χ1n) is 9.06. The smallest absolute Gasteiger partial charge is 0.410 e. The molecule has 10 heteroatoms. The third-order valence-electron chi connectivity index (χ3n) is 4.46. The molecule has 1 amide bonds. The van der Waals surface area contributed by atoms with Crippen LogP contribution in [-0.2, 0) is 15.8 Å². The minimum Gasteiger partial charge on any atom is -0.444 e. The molecule has 1 fully saturated rings. The van der Waals surface area contributed by atoms with E-state index >= 15 is 0 Å². The third kappa shape index (κ3) is 4.93. The van der Waals surface area contributed by atoms with E-state index in [1.807, 2.05) is 20.8 Å². The van der Waals surface area contributed by atoms with Gasteiger partial charge < -0.3 is 18.7 Å². The van der Waals surface area contributed by atoms with Gasteiger partial charge in [-0.3, -0.25) is 4.98 Å². The maximum absolute atomic E-state index is 12.2. The van der Waals surface area contributed by atoms with Crippen molar-refractivity contribution in [1.82, 2.24) is 20.0 Å². The molecule has 0 aliphatic carbocycles. The fourth-order valence-electron chi connectivity index (χ4n) is 3.13. The van der Waals surface area contributed by atoms with Crippen LogP contribution in [0.15, 0.2) is 29.0 Å². The number of piperidine rings is 1. The molecule has 0 saturated carbocycles. The van der Waals surface area contributed by atoms with Gasteiger partial charge in [-0.25, -0.2) is 9.00 Å². The van der Waals surface area contributed by atoms with Crippen LogP contribution in [0.4, 0.5) is 4.79 Å². The number of hydrogen-bond acceptors (Lipinski definition) is 7. The zero-order valence-electron chi connectivity index (χ0n) is 16.1. The van der Waals surface area contributed by atoms with Crippen LogP contribution >= 0.6 is 0 Å². The van der Waals surface area contributed by atoms with E-state index in [1.165, 1.54) is 0 Å². The number of rotatable bonds is 4. The topological polar surface area (TPSA) is 119 Å². The van der Waals surface area contributed by atoms with Gasteiger partial charge in [0, 0.05) is 31.0 Å². The first-order valence-corrected chi connectivity index (χ1v) is 10.2. The van der Waals surface area contributed by atoms with Gasteiger partial charge in [0.1, 0.15) is 10.9 Å². The van der Waals surface area contributed by atoms with E-state index in [0.29, 0.717) is 37.3 Å². The minimum atomic E-state index is -2.18. The quantitative estimate of drug-likeness (QED) is 0.767. The number of carbonyl (C=O) groups excluding carboxylic acids is 1. The predicted molar refractivity (Wildman–Crippen MR) is 102 cm³/mol. The highest BCUT2D eigenvalue weighted by Crippen LogP contribution is 2.35. The van der Waals surface area contributed by atoms with Crippen LogP contribution in [0.3, 0.4) is 0 Å². The summed E-state index contributed by atoms with van der Waals surface area (Å²) in [5, 5.41) is 3.12. The van der Waals surface area contributed by atoms with Crippen molar-refractivity contribution < 1.29 is 22.8 Å². The Hall–Kier alpha value is -2.33. The second-order valence-corrected chi connectivity index (χ2v) is 8.75. The van der Waals surface area contributed by atoms with E-state index in [2.05, 4.69) is 15.1 Å².